The van der Waals surface area contributed by atoms with Crippen LogP contribution in [0.2, 0.25) is 0 Å². The van der Waals surface area contributed by atoms with E-state index in [4.69, 9.17) is 13.9 Å². The van der Waals surface area contributed by atoms with E-state index in [1.54, 1.807) is 0 Å². The average Bonchev–Trinajstić information content (AvgIpc) is 2.88. The molecule has 0 amide bonds. The van der Waals surface area contributed by atoms with Crippen molar-refractivity contribution in [3.63, 3.8) is 0 Å². The van der Waals surface area contributed by atoms with Crippen molar-refractivity contribution in [3.05, 3.63) is 98.9 Å². The number of ether oxygens (including phenoxy) is 2. The SMILES string of the molecule is CCCCOc1cccc(N2COc3c(cc4c(C)c(Cc5ccccc5)c(=O)oc4c3C)C2)c1. The van der Waals surface area contributed by atoms with Gasteiger partial charge in [-0.05, 0) is 49.6 Å². The minimum atomic E-state index is -0.278. The van der Waals surface area contributed by atoms with Crippen molar-refractivity contribution < 1.29 is 13.9 Å². The summed E-state index contributed by atoms with van der Waals surface area (Å²) in [4.78, 5) is 15.1. The molecule has 35 heavy (non-hydrogen) atoms. The molecule has 2 heterocycles. The lowest BCUT2D eigenvalue weighted by molar-refractivity contribution is 0.286. The topological polar surface area (TPSA) is 51.9 Å². The van der Waals surface area contributed by atoms with Crippen LogP contribution in [0.25, 0.3) is 11.0 Å². The van der Waals surface area contributed by atoms with Gasteiger partial charge in [0.25, 0.3) is 0 Å². The van der Waals surface area contributed by atoms with Gasteiger partial charge in [0.05, 0.1) is 6.61 Å². The van der Waals surface area contributed by atoms with Crippen molar-refractivity contribution in [2.75, 3.05) is 18.2 Å². The summed E-state index contributed by atoms with van der Waals surface area (Å²) in [6.07, 6.45) is 2.70. The fraction of sp³-hybridized carbons (Fsp3) is 0.300. The molecule has 5 rings (SSSR count). The molecule has 4 aromatic rings. The standard InChI is InChI=1S/C30H31NO4/c1-4-5-14-33-25-13-9-12-24(17-25)31-18-23-16-26-20(2)27(15-22-10-7-6-8-11-22)30(32)35-29(26)21(3)28(23)34-19-31/h6-13,16-17H,4-5,14-15,18-19H2,1-3H3. The van der Waals surface area contributed by atoms with Crippen molar-refractivity contribution in [2.45, 2.75) is 46.6 Å². The van der Waals surface area contributed by atoms with E-state index in [1.165, 1.54) is 0 Å². The normalized spacial score (nSPS) is 12.9. The van der Waals surface area contributed by atoms with Gasteiger partial charge in [0.15, 0.2) is 6.73 Å². The Labute approximate surface area is 205 Å². The summed E-state index contributed by atoms with van der Waals surface area (Å²) in [5.74, 6) is 1.68. The van der Waals surface area contributed by atoms with Gasteiger partial charge in [0.1, 0.15) is 17.1 Å². The van der Waals surface area contributed by atoms with E-state index in [2.05, 4.69) is 30.0 Å². The van der Waals surface area contributed by atoms with Crippen LogP contribution >= 0.6 is 0 Å². The molecule has 0 saturated carbocycles. The zero-order valence-electron chi connectivity index (χ0n) is 20.6. The van der Waals surface area contributed by atoms with Gasteiger partial charge in [-0.1, -0.05) is 49.7 Å². The lowest BCUT2D eigenvalue weighted by atomic mass is 9.96. The van der Waals surface area contributed by atoms with Crippen LogP contribution in [0.3, 0.4) is 0 Å². The number of nitrogens with zero attached hydrogens (tertiary/aromatic N) is 1. The maximum atomic E-state index is 12.9. The molecule has 0 fully saturated rings. The molecule has 0 saturated heterocycles. The fourth-order valence-corrected chi connectivity index (χ4v) is 4.72. The molecule has 0 radical (unpaired) electrons. The molecule has 5 heteroatoms. The van der Waals surface area contributed by atoms with E-state index in [-0.39, 0.29) is 5.63 Å². The monoisotopic (exact) mass is 469 g/mol. The Morgan fingerprint density at radius 3 is 2.63 bits per heavy atom. The van der Waals surface area contributed by atoms with Crippen LogP contribution in [0.5, 0.6) is 11.5 Å². The molecule has 0 spiro atoms. The van der Waals surface area contributed by atoms with Gasteiger partial charge >= 0.3 is 5.63 Å². The number of benzene rings is 3. The highest BCUT2D eigenvalue weighted by molar-refractivity contribution is 5.87. The summed E-state index contributed by atoms with van der Waals surface area (Å²) in [6.45, 7) is 8.00. The van der Waals surface area contributed by atoms with Gasteiger partial charge < -0.3 is 18.8 Å². The molecule has 0 unspecified atom stereocenters. The number of anilines is 1. The van der Waals surface area contributed by atoms with E-state index in [0.717, 1.165) is 64.3 Å². The van der Waals surface area contributed by atoms with Gasteiger partial charge in [0.2, 0.25) is 0 Å². The second-order valence-corrected chi connectivity index (χ2v) is 9.19. The summed E-state index contributed by atoms with van der Waals surface area (Å²) >= 11 is 0. The second kappa shape index (κ2) is 9.87. The number of hydrogen-bond donors (Lipinski definition) is 0. The van der Waals surface area contributed by atoms with E-state index < -0.39 is 0 Å². The van der Waals surface area contributed by atoms with E-state index >= 15 is 0 Å². The Bertz CT molecular complexity index is 1410. The summed E-state index contributed by atoms with van der Waals surface area (Å²) in [5.41, 5.74) is 6.11. The molecule has 1 aliphatic heterocycles. The van der Waals surface area contributed by atoms with Gasteiger partial charge in [-0.2, -0.15) is 0 Å². The smallest absolute Gasteiger partial charge is 0.340 e. The number of unbranched alkanes of at least 4 members (excludes halogenated alkanes) is 1. The van der Waals surface area contributed by atoms with E-state index in [0.29, 0.717) is 30.8 Å². The van der Waals surface area contributed by atoms with Gasteiger partial charge in [-0.15, -0.1) is 0 Å². The van der Waals surface area contributed by atoms with Crippen molar-refractivity contribution in [1.82, 2.24) is 0 Å². The third-order valence-corrected chi connectivity index (χ3v) is 6.73. The zero-order valence-corrected chi connectivity index (χ0v) is 20.6. The predicted octanol–water partition coefficient (Wildman–Crippen LogP) is 6.54. The maximum Gasteiger partial charge on any atom is 0.340 e. The summed E-state index contributed by atoms with van der Waals surface area (Å²) in [7, 11) is 0. The number of hydrogen-bond acceptors (Lipinski definition) is 5. The molecule has 1 aliphatic rings. The van der Waals surface area contributed by atoms with Crippen LogP contribution in [0.15, 0.2) is 69.9 Å². The summed E-state index contributed by atoms with van der Waals surface area (Å²) in [5, 5.41) is 0.967. The molecule has 1 aromatic heterocycles. The predicted molar refractivity (Wildman–Crippen MR) is 140 cm³/mol. The summed E-state index contributed by atoms with van der Waals surface area (Å²) < 4.78 is 18.0. The highest BCUT2D eigenvalue weighted by Crippen LogP contribution is 2.38. The molecule has 0 aliphatic carbocycles. The number of rotatable bonds is 7. The second-order valence-electron chi connectivity index (χ2n) is 9.19. The Morgan fingerprint density at radius 1 is 1.00 bits per heavy atom. The van der Waals surface area contributed by atoms with Crippen molar-refractivity contribution in [3.8, 4) is 11.5 Å². The third kappa shape index (κ3) is 4.63. The van der Waals surface area contributed by atoms with Crippen molar-refractivity contribution in [2.24, 2.45) is 0 Å². The fourth-order valence-electron chi connectivity index (χ4n) is 4.72. The first kappa shape index (κ1) is 23.0. The van der Waals surface area contributed by atoms with Crippen molar-refractivity contribution in [1.29, 1.82) is 0 Å². The van der Waals surface area contributed by atoms with Crippen LogP contribution < -0.4 is 20.0 Å². The Kier molecular flexibility index (Phi) is 6.49. The van der Waals surface area contributed by atoms with Gasteiger partial charge in [-0.25, -0.2) is 4.79 Å². The largest absolute Gasteiger partial charge is 0.494 e. The molecule has 0 N–H and O–H groups in total. The molecule has 3 aromatic carbocycles. The lowest BCUT2D eigenvalue weighted by Crippen LogP contribution is -2.32. The van der Waals surface area contributed by atoms with Crippen molar-refractivity contribution >= 4 is 16.7 Å². The maximum absolute atomic E-state index is 12.9. The molecule has 0 bridgehead atoms. The minimum absolute atomic E-state index is 0.278. The molecule has 0 atom stereocenters. The first-order valence-corrected chi connectivity index (χ1v) is 12.3. The Balaban J connectivity index is 1.48. The first-order valence-electron chi connectivity index (χ1n) is 12.3. The van der Waals surface area contributed by atoms with E-state index in [9.17, 15) is 4.79 Å². The minimum Gasteiger partial charge on any atom is -0.494 e. The van der Waals surface area contributed by atoms with Crippen LogP contribution in [0.4, 0.5) is 5.69 Å². The highest BCUT2D eigenvalue weighted by atomic mass is 16.5. The van der Waals surface area contributed by atoms with Crippen LogP contribution in [-0.4, -0.2) is 13.3 Å². The van der Waals surface area contributed by atoms with Crippen LogP contribution in [-0.2, 0) is 13.0 Å². The van der Waals surface area contributed by atoms with E-state index in [1.807, 2.05) is 56.3 Å². The number of fused-ring (bicyclic) bond motifs is 2. The van der Waals surface area contributed by atoms with Crippen LogP contribution in [0, 0.1) is 13.8 Å². The molecular formula is C30H31NO4. The average molecular weight is 470 g/mol. The first-order chi connectivity index (χ1) is 17.0. The Hall–Kier alpha value is -3.73. The van der Waals surface area contributed by atoms with Gasteiger partial charge in [-0.3, -0.25) is 0 Å². The molecule has 5 nitrogen and oxygen atoms in total. The zero-order chi connectivity index (χ0) is 24.4. The highest BCUT2D eigenvalue weighted by Gasteiger charge is 2.24. The summed E-state index contributed by atoms with van der Waals surface area (Å²) in [6, 6.07) is 20.3. The van der Waals surface area contributed by atoms with Gasteiger partial charge in [0, 0.05) is 46.8 Å². The van der Waals surface area contributed by atoms with Crippen LogP contribution in [0.1, 0.15) is 47.6 Å². The number of aryl methyl sites for hydroxylation is 2. The lowest BCUT2D eigenvalue weighted by Gasteiger charge is -2.32. The third-order valence-electron chi connectivity index (χ3n) is 6.73. The molecule has 180 valence electrons. The molecular weight excluding hydrogens is 438 g/mol. The quantitative estimate of drug-likeness (QED) is 0.227. The Morgan fingerprint density at radius 2 is 1.83 bits per heavy atom.